The Labute approximate surface area is 133 Å². The number of rotatable bonds is 6. The van der Waals surface area contributed by atoms with E-state index in [-0.39, 0.29) is 12.5 Å². The summed E-state index contributed by atoms with van der Waals surface area (Å²) in [7, 11) is 0. The van der Waals surface area contributed by atoms with Crippen molar-refractivity contribution in [2.75, 3.05) is 6.54 Å². The summed E-state index contributed by atoms with van der Waals surface area (Å²) in [6.07, 6.45) is 1.06. The van der Waals surface area contributed by atoms with Crippen molar-refractivity contribution in [2.24, 2.45) is 0 Å². The first kappa shape index (κ1) is 16.3. The molecule has 1 aromatic carbocycles. The Kier molecular flexibility index (Phi) is 5.75. The molecule has 116 valence electrons. The number of aromatic nitrogens is 1. The average Bonchev–Trinajstić information content (AvgIpc) is 2.52. The molecule has 0 saturated heterocycles. The van der Waals surface area contributed by atoms with Crippen molar-refractivity contribution in [3.63, 3.8) is 0 Å². The molecule has 2 rings (SSSR count). The van der Waals surface area contributed by atoms with Crippen molar-refractivity contribution in [1.29, 1.82) is 0 Å². The van der Waals surface area contributed by atoms with Crippen LogP contribution >= 0.6 is 11.6 Å². The minimum Gasteiger partial charge on any atom is -0.489 e. The second kappa shape index (κ2) is 7.77. The summed E-state index contributed by atoms with van der Waals surface area (Å²) in [6, 6.07) is 10.4. The van der Waals surface area contributed by atoms with Gasteiger partial charge in [-0.25, -0.2) is 4.98 Å². The number of aliphatic hydroxyl groups is 1. The van der Waals surface area contributed by atoms with Gasteiger partial charge in [0, 0.05) is 23.9 Å². The quantitative estimate of drug-likeness (QED) is 0.802. The first-order valence-electron chi connectivity index (χ1n) is 6.84. The zero-order chi connectivity index (χ0) is 15.9. The summed E-state index contributed by atoms with van der Waals surface area (Å²) in [5.74, 6) is 0.333. The molecule has 5 nitrogen and oxygen atoms in total. The first-order valence-corrected chi connectivity index (χ1v) is 7.22. The number of carbonyl (C=O) groups is 1. The number of hydrogen-bond donors (Lipinski definition) is 2. The Balaban J connectivity index is 1.96. The van der Waals surface area contributed by atoms with Gasteiger partial charge in [-0.2, -0.15) is 0 Å². The number of nitrogens with one attached hydrogen (secondary N) is 1. The average molecular weight is 321 g/mol. The van der Waals surface area contributed by atoms with E-state index in [4.69, 9.17) is 16.3 Å². The molecule has 0 aliphatic heterocycles. The molecule has 1 amide bonds. The molecule has 1 heterocycles. The number of aliphatic hydroxyl groups excluding tert-OH is 1. The van der Waals surface area contributed by atoms with Gasteiger partial charge in [0.25, 0.3) is 5.91 Å². The fraction of sp³-hybridized carbons (Fsp3) is 0.250. The van der Waals surface area contributed by atoms with Crippen LogP contribution in [0, 0.1) is 0 Å². The molecular formula is C16H17ClN2O3. The van der Waals surface area contributed by atoms with Crippen LogP contribution in [-0.2, 0) is 6.61 Å². The highest BCUT2D eigenvalue weighted by atomic mass is 35.5. The third kappa shape index (κ3) is 5.02. The van der Waals surface area contributed by atoms with E-state index in [2.05, 4.69) is 10.3 Å². The number of hydrogen-bond acceptors (Lipinski definition) is 4. The molecule has 1 unspecified atom stereocenters. The van der Waals surface area contributed by atoms with Crippen LogP contribution in [0.15, 0.2) is 42.6 Å². The van der Waals surface area contributed by atoms with Crippen LogP contribution in [0.25, 0.3) is 0 Å². The maximum Gasteiger partial charge on any atom is 0.251 e. The zero-order valence-electron chi connectivity index (χ0n) is 12.1. The molecule has 22 heavy (non-hydrogen) atoms. The molecular weight excluding hydrogens is 304 g/mol. The van der Waals surface area contributed by atoms with Crippen LogP contribution in [0.5, 0.6) is 5.75 Å². The number of amides is 1. The summed E-state index contributed by atoms with van der Waals surface area (Å²) in [6.45, 7) is 2.16. The van der Waals surface area contributed by atoms with Crippen molar-refractivity contribution in [1.82, 2.24) is 10.3 Å². The zero-order valence-corrected chi connectivity index (χ0v) is 12.9. The van der Waals surface area contributed by atoms with Crippen LogP contribution in [0.1, 0.15) is 22.8 Å². The Hall–Kier alpha value is -2.11. The fourth-order valence-corrected chi connectivity index (χ4v) is 1.84. The number of halogens is 1. The van der Waals surface area contributed by atoms with Crippen LogP contribution in [0.3, 0.4) is 0 Å². The van der Waals surface area contributed by atoms with Gasteiger partial charge in [0.05, 0.1) is 6.10 Å². The monoisotopic (exact) mass is 320 g/mol. The van der Waals surface area contributed by atoms with E-state index < -0.39 is 6.10 Å². The summed E-state index contributed by atoms with van der Waals surface area (Å²) >= 11 is 5.72. The minimum atomic E-state index is -0.583. The van der Waals surface area contributed by atoms with Crippen LogP contribution in [-0.4, -0.2) is 28.6 Å². The standard InChI is InChI=1S/C16H17ClN2O3/c1-11(20)8-19-16(21)13-3-2-4-14(7-13)22-10-12-5-6-15(17)18-9-12/h2-7,9,11,20H,8,10H2,1H3,(H,19,21). The van der Waals surface area contributed by atoms with Crippen molar-refractivity contribution in [3.05, 3.63) is 58.9 Å². The lowest BCUT2D eigenvalue weighted by atomic mass is 10.2. The van der Waals surface area contributed by atoms with Crippen LogP contribution < -0.4 is 10.1 Å². The minimum absolute atomic E-state index is 0.209. The van der Waals surface area contributed by atoms with Crippen molar-refractivity contribution in [3.8, 4) is 5.75 Å². The predicted octanol–water partition coefficient (Wildman–Crippen LogP) is 2.42. The Morgan fingerprint density at radius 2 is 2.23 bits per heavy atom. The van der Waals surface area contributed by atoms with E-state index in [9.17, 15) is 9.90 Å². The van der Waals surface area contributed by atoms with E-state index in [1.807, 2.05) is 6.07 Å². The molecule has 0 spiro atoms. The fourth-order valence-electron chi connectivity index (χ4n) is 1.73. The van der Waals surface area contributed by atoms with Crippen LogP contribution in [0.2, 0.25) is 5.15 Å². The molecule has 0 fully saturated rings. The predicted molar refractivity (Wildman–Crippen MR) is 84.0 cm³/mol. The molecule has 6 heteroatoms. The van der Waals surface area contributed by atoms with Gasteiger partial charge in [-0.05, 0) is 31.2 Å². The lowest BCUT2D eigenvalue weighted by Gasteiger charge is -2.09. The molecule has 1 atom stereocenters. The number of pyridine rings is 1. The van der Waals surface area contributed by atoms with Gasteiger partial charge in [-0.1, -0.05) is 23.7 Å². The Morgan fingerprint density at radius 3 is 2.91 bits per heavy atom. The summed E-state index contributed by atoms with van der Waals surface area (Å²) in [5, 5.41) is 12.2. The topological polar surface area (TPSA) is 71.5 Å². The van der Waals surface area contributed by atoms with E-state index in [1.165, 1.54) is 0 Å². The third-order valence-corrected chi connectivity index (χ3v) is 3.07. The molecule has 0 aliphatic carbocycles. The highest BCUT2D eigenvalue weighted by Crippen LogP contribution is 2.15. The van der Waals surface area contributed by atoms with Gasteiger partial charge in [0.15, 0.2) is 0 Å². The Bertz CT molecular complexity index is 630. The van der Waals surface area contributed by atoms with Crippen molar-refractivity contribution >= 4 is 17.5 Å². The van der Waals surface area contributed by atoms with E-state index in [1.54, 1.807) is 43.5 Å². The second-order valence-corrected chi connectivity index (χ2v) is 5.25. The molecule has 2 aromatic rings. The number of nitrogens with zero attached hydrogens (tertiary/aromatic N) is 1. The maximum absolute atomic E-state index is 11.9. The smallest absolute Gasteiger partial charge is 0.251 e. The Morgan fingerprint density at radius 1 is 1.41 bits per heavy atom. The molecule has 0 saturated carbocycles. The highest BCUT2D eigenvalue weighted by Gasteiger charge is 2.07. The van der Waals surface area contributed by atoms with Gasteiger partial charge < -0.3 is 15.2 Å². The molecule has 2 N–H and O–H groups in total. The highest BCUT2D eigenvalue weighted by molar-refractivity contribution is 6.29. The van der Waals surface area contributed by atoms with E-state index in [0.717, 1.165) is 5.56 Å². The van der Waals surface area contributed by atoms with Crippen molar-refractivity contribution in [2.45, 2.75) is 19.6 Å². The third-order valence-electron chi connectivity index (χ3n) is 2.85. The maximum atomic E-state index is 11.9. The van der Waals surface area contributed by atoms with Gasteiger partial charge in [-0.3, -0.25) is 4.79 Å². The number of benzene rings is 1. The SMILES string of the molecule is CC(O)CNC(=O)c1cccc(OCc2ccc(Cl)nc2)c1. The summed E-state index contributed by atoms with van der Waals surface area (Å²) in [5.41, 5.74) is 1.36. The summed E-state index contributed by atoms with van der Waals surface area (Å²) < 4.78 is 5.64. The van der Waals surface area contributed by atoms with Crippen LogP contribution in [0.4, 0.5) is 0 Å². The summed E-state index contributed by atoms with van der Waals surface area (Å²) in [4.78, 5) is 15.9. The van der Waals surface area contributed by atoms with E-state index >= 15 is 0 Å². The van der Waals surface area contributed by atoms with Gasteiger partial charge in [0.2, 0.25) is 0 Å². The van der Waals surface area contributed by atoms with Crippen molar-refractivity contribution < 1.29 is 14.6 Å². The molecule has 1 aromatic heterocycles. The normalized spacial score (nSPS) is 11.8. The second-order valence-electron chi connectivity index (χ2n) is 4.86. The van der Waals surface area contributed by atoms with Gasteiger partial charge in [0.1, 0.15) is 17.5 Å². The lowest BCUT2D eigenvalue weighted by Crippen LogP contribution is -2.30. The van der Waals surface area contributed by atoms with Gasteiger partial charge >= 0.3 is 0 Å². The van der Waals surface area contributed by atoms with Gasteiger partial charge in [-0.15, -0.1) is 0 Å². The first-order chi connectivity index (χ1) is 10.5. The molecule has 0 aliphatic rings. The number of carbonyl (C=O) groups excluding carboxylic acids is 1. The largest absolute Gasteiger partial charge is 0.489 e. The molecule has 0 radical (unpaired) electrons. The number of ether oxygens (including phenoxy) is 1. The lowest BCUT2D eigenvalue weighted by molar-refractivity contribution is 0.0923. The van der Waals surface area contributed by atoms with E-state index in [0.29, 0.717) is 23.1 Å². The molecule has 0 bridgehead atoms.